The van der Waals surface area contributed by atoms with Crippen molar-refractivity contribution in [3.05, 3.63) is 36.8 Å². The summed E-state index contributed by atoms with van der Waals surface area (Å²) in [6, 6.07) is 7.44. The fourth-order valence-electron chi connectivity index (χ4n) is 4.81. The highest BCUT2D eigenvalue weighted by Crippen LogP contribution is 2.33. The summed E-state index contributed by atoms with van der Waals surface area (Å²) in [5, 5.41) is 11.1. The van der Waals surface area contributed by atoms with Gasteiger partial charge in [0.2, 0.25) is 0 Å². The summed E-state index contributed by atoms with van der Waals surface area (Å²) in [5.41, 5.74) is 1.47. The molecular formula is C32H50N2O4S. The fraction of sp³-hybridized carbons (Fsp3) is 0.656. The lowest BCUT2D eigenvalue weighted by atomic mass is 10.0. The molecule has 0 amide bonds. The Kier molecular flexibility index (Phi) is 16.2. The second kappa shape index (κ2) is 20.0. The molecule has 218 valence electrons. The molecule has 3 heterocycles. The van der Waals surface area contributed by atoms with E-state index in [1.165, 1.54) is 108 Å². The molecule has 7 heteroatoms. The summed E-state index contributed by atoms with van der Waals surface area (Å²) in [6.45, 7) is 3.35. The van der Waals surface area contributed by atoms with Crippen LogP contribution in [0.15, 0.2) is 50.8 Å². The summed E-state index contributed by atoms with van der Waals surface area (Å²) in [5.74, 6) is 1.87. The van der Waals surface area contributed by atoms with Crippen LogP contribution < -0.4 is 0 Å². The van der Waals surface area contributed by atoms with Crippen molar-refractivity contribution >= 4 is 11.8 Å². The number of hydrogen-bond donors (Lipinski definition) is 2. The summed E-state index contributed by atoms with van der Waals surface area (Å²) in [6.07, 6.45) is 24.5. The minimum Gasteiger partial charge on any atom is -0.463 e. The van der Waals surface area contributed by atoms with Gasteiger partial charge in [0.1, 0.15) is 11.4 Å². The maximum Gasteiger partial charge on any atom is 0.166 e. The SMILES string of the molecule is CCCCCCCCCCCCCCCCCCOCC(O)CSc1nc(-c2ccco2)c(-c2ccco2)[nH]1. The minimum atomic E-state index is -0.541. The van der Waals surface area contributed by atoms with E-state index >= 15 is 0 Å². The van der Waals surface area contributed by atoms with E-state index < -0.39 is 6.10 Å². The maximum absolute atomic E-state index is 10.4. The van der Waals surface area contributed by atoms with E-state index in [2.05, 4.69) is 16.9 Å². The second-order valence-corrected chi connectivity index (χ2v) is 11.6. The van der Waals surface area contributed by atoms with Crippen molar-refractivity contribution in [3.63, 3.8) is 0 Å². The van der Waals surface area contributed by atoms with Gasteiger partial charge in [0.25, 0.3) is 0 Å². The first-order valence-electron chi connectivity index (χ1n) is 15.3. The number of aromatic amines is 1. The molecule has 0 aliphatic rings. The van der Waals surface area contributed by atoms with Crippen molar-refractivity contribution in [2.45, 2.75) is 121 Å². The lowest BCUT2D eigenvalue weighted by Crippen LogP contribution is -2.18. The monoisotopic (exact) mass is 558 g/mol. The van der Waals surface area contributed by atoms with Gasteiger partial charge in [0, 0.05) is 12.4 Å². The molecule has 1 atom stereocenters. The van der Waals surface area contributed by atoms with E-state index in [9.17, 15) is 5.11 Å². The minimum absolute atomic E-state index is 0.350. The molecule has 0 aliphatic heterocycles. The zero-order chi connectivity index (χ0) is 27.4. The molecule has 0 bridgehead atoms. The molecule has 0 spiro atoms. The number of nitrogens with zero attached hydrogens (tertiary/aromatic N) is 1. The normalized spacial score (nSPS) is 12.4. The van der Waals surface area contributed by atoms with E-state index in [0.29, 0.717) is 41.3 Å². The smallest absolute Gasteiger partial charge is 0.166 e. The number of imidazole rings is 1. The third-order valence-electron chi connectivity index (χ3n) is 7.07. The third-order valence-corrected chi connectivity index (χ3v) is 8.09. The van der Waals surface area contributed by atoms with Crippen molar-refractivity contribution in [2.75, 3.05) is 19.0 Å². The molecule has 0 radical (unpaired) electrons. The van der Waals surface area contributed by atoms with Gasteiger partial charge in [0.15, 0.2) is 16.7 Å². The number of rotatable bonds is 24. The zero-order valence-corrected chi connectivity index (χ0v) is 24.8. The highest BCUT2D eigenvalue weighted by molar-refractivity contribution is 7.99. The fourth-order valence-corrected chi connectivity index (χ4v) is 5.58. The lowest BCUT2D eigenvalue weighted by Gasteiger charge is -2.10. The zero-order valence-electron chi connectivity index (χ0n) is 24.0. The Morgan fingerprint density at radius 3 is 1.87 bits per heavy atom. The predicted octanol–water partition coefficient (Wildman–Crippen LogP) is 9.66. The number of furan rings is 2. The van der Waals surface area contributed by atoms with Crippen LogP contribution in [0.4, 0.5) is 0 Å². The van der Waals surface area contributed by atoms with Crippen molar-refractivity contribution < 1.29 is 18.7 Å². The third kappa shape index (κ3) is 12.8. The molecule has 0 aromatic carbocycles. The lowest BCUT2D eigenvalue weighted by molar-refractivity contribution is 0.0467. The molecule has 2 N–H and O–H groups in total. The van der Waals surface area contributed by atoms with E-state index in [1.54, 1.807) is 12.5 Å². The Labute approximate surface area is 239 Å². The Balaban J connectivity index is 1.14. The van der Waals surface area contributed by atoms with Crippen molar-refractivity contribution in [2.24, 2.45) is 0 Å². The van der Waals surface area contributed by atoms with Crippen molar-refractivity contribution in [1.82, 2.24) is 9.97 Å². The summed E-state index contributed by atoms with van der Waals surface area (Å²) in [7, 11) is 0. The number of nitrogens with one attached hydrogen (secondary N) is 1. The van der Waals surface area contributed by atoms with E-state index in [0.717, 1.165) is 12.1 Å². The number of thioether (sulfide) groups is 1. The van der Waals surface area contributed by atoms with Crippen LogP contribution in [-0.2, 0) is 4.74 Å². The van der Waals surface area contributed by atoms with Gasteiger partial charge >= 0.3 is 0 Å². The molecule has 1 unspecified atom stereocenters. The molecule has 39 heavy (non-hydrogen) atoms. The first-order chi connectivity index (χ1) is 19.3. The van der Waals surface area contributed by atoms with Crippen molar-refractivity contribution in [1.29, 1.82) is 0 Å². The Morgan fingerprint density at radius 1 is 0.795 bits per heavy atom. The average molecular weight is 559 g/mol. The van der Waals surface area contributed by atoms with Crippen LogP contribution in [0, 0.1) is 0 Å². The van der Waals surface area contributed by atoms with Crippen molar-refractivity contribution in [3.8, 4) is 22.9 Å². The van der Waals surface area contributed by atoms with Gasteiger partial charge in [-0.3, -0.25) is 0 Å². The molecule has 0 aliphatic carbocycles. The van der Waals surface area contributed by atoms with Gasteiger partial charge < -0.3 is 23.7 Å². The highest BCUT2D eigenvalue weighted by Gasteiger charge is 2.19. The van der Waals surface area contributed by atoms with Gasteiger partial charge in [-0.15, -0.1) is 0 Å². The number of aromatic nitrogens is 2. The standard InChI is InChI=1S/C32H50N2O4S/c1-2-3-4-5-6-7-8-9-10-11-12-13-14-15-16-17-22-36-25-27(35)26-39-32-33-30(28-20-18-23-37-28)31(34-32)29-21-19-24-38-29/h18-21,23-24,27,35H,2-17,22,25-26H2,1H3,(H,33,34). The van der Waals surface area contributed by atoms with Gasteiger partial charge in [-0.2, -0.15) is 0 Å². The van der Waals surface area contributed by atoms with Gasteiger partial charge in [0.05, 0.1) is 25.2 Å². The van der Waals surface area contributed by atoms with E-state index in [-0.39, 0.29) is 0 Å². The Hall–Kier alpha value is -1.96. The largest absolute Gasteiger partial charge is 0.463 e. The Morgan fingerprint density at radius 2 is 1.33 bits per heavy atom. The van der Waals surface area contributed by atoms with Crippen LogP contribution in [0.3, 0.4) is 0 Å². The molecule has 0 saturated carbocycles. The molecule has 3 rings (SSSR count). The van der Waals surface area contributed by atoms with Crippen LogP contribution in [0.5, 0.6) is 0 Å². The molecule has 0 saturated heterocycles. The number of H-pyrrole nitrogens is 1. The average Bonchev–Trinajstić information content (AvgIpc) is 3.73. The quantitative estimate of drug-likeness (QED) is 0.0841. The van der Waals surface area contributed by atoms with Gasteiger partial charge in [-0.25, -0.2) is 4.98 Å². The second-order valence-electron chi connectivity index (χ2n) is 10.6. The molecule has 3 aromatic heterocycles. The number of hydrogen-bond acceptors (Lipinski definition) is 6. The maximum atomic E-state index is 10.4. The Bertz CT molecular complexity index is 903. The summed E-state index contributed by atoms with van der Waals surface area (Å²) in [4.78, 5) is 7.97. The summed E-state index contributed by atoms with van der Waals surface area (Å²) >= 11 is 1.47. The first kappa shape index (κ1) is 31.6. The van der Waals surface area contributed by atoms with E-state index in [4.69, 9.17) is 13.6 Å². The van der Waals surface area contributed by atoms with Crippen LogP contribution >= 0.6 is 11.8 Å². The predicted molar refractivity (Wildman–Crippen MR) is 161 cm³/mol. The van der Waals surface area contributed by atoms with Crippen LogP contribution in [-0.4, -0.2) is 40.1 Å². The first-order valence-corrected chi connectivity index (χ1v) is 16.3. The van der Waals surface area contributed by atoms with E-state index in [1.807, 2.05) is 24.3 Å². The summed E-state index contributed by atoms with van der Waals surface area (Å²) < 4.78 is 16.8. The number of ether oxygens (including phenoxy) is 1. The molecule has 0 fully saturated rings. The number of aliphatic hydroxyl groups excluding tert-OH is 1. The molecule has 3 aromatic rings. The topological polar surface area (TPSA) is 84.4 Å². The number of aliphatic hydroxyl groups is 1. The highest BCUT2D eigenvalue weighted by atomic mass is 32.2. The van der Waals surface area contributed by atoms with Gasteiger partial charge in [-0.1, -0.05) is 115 Å². The molecular weight excluding hydrogens is 508 g/mol. The van der Waals surface area contributed by atoms with Gasteiger partial charge in [-0.05, 0) is 30.7 Å². The van der Waals surface area contributed by atoms with Crippen LogP contribution in [0.1, 0.15) is 110 Å². The van der Waals surface area contributed by atoms with Crippen LogP contribution in [0.2, 0.25) is 0 Å². The van der Waals surface area contributed by atoms with Crippen LogP contribution in [0.25, 0.3) is 22.9 Å². The number of unbranched alkanes of at least 4 members (excludes halogenated alkanes) is 15. The molecule has 6 nitrogen and oxygen atoms in total.